The number of benzene rings is 1. The van der Waals surface area contributed by atoms with Gasteiger partial charge in [-0.3, -0.25) is 4.79 Å². The number of anilines is 2. The zero-order valence-corrected chi connectivity index (χ0v) is 11.8. The van der Waals surface area contributed by atoms with Gasteiger partial charge in [0, 0.05) is 32.3 Å². The molecule has 0 aliphatic carbocycles. The number of halogens is 1. The van der Waals surface area contributed by atoms with E-state index in [1.165, 1.54) is 25.3 Å². The summed E-state index contributed by atoms with van der Waals surface area (Å²) in [6, 6.07) is 3.73. The number of nitrogens with zero attached hydrogens (tertiary/aromatic N) is 1. The Morgan fingerprint density at radius 1 is 1.48 bits per heavy atom. The maximum atomic E-state index is 13.7. The van der Waals surface area contributed by atoms with Crippen LogP contribution in [-0.2, 0) is 9.53 Å². The summed E-state index contributed by atoms with van der Waals surface area (Å²) in [5, 5.41) is 4.96. The molecule has 1 aromatic carbocycles. The first-order valence-electron chi connectivity index (χ1n) is 6.75. The number of urea groups is 1. The Kier molecular flexibility index (Phi) is 5.10. The molecule has 0 saturated carbocycles. The van der Waals surface area contributed by atoms with E-state index in [0.29, 0.717) is 31.8 Å². The van der Waals surface area contributed by atoms with Gasteiger partial charge in [-0.05, 0) is 24.6 Å². The van der Waals surface area contributed by atoms with Gasteiger partial charge in [0.25, 0.3) is 0 Å². The van der Waals surface area contributed by atoms with Gasteiger partial charge < -0.3 is 20.3 Å². The molecule has 1 aliphatic heterocycles. The molecule has 1 aromatic rings. The quantitative estimate of drug-likeness (QED) is 0.813. The average Bonchev–Trinajstić information content (AvgIpc) is 2.88. The molecule has 1 saturated heterocycles. The van der Waals surface area contributed by atoms with E-state index in [-0.39, 0.29) is 11.6 Å². The van der Waals surface area contributed by atoms with Gasteiger partial charge in [-0.15, -0.1) is 0 Å². The Bertz CT molecular complexity index is 536. The zero-order valence-electron chi connectivity index (χ0n) is 11.8. The SMILES string of the molecule is COCCNC(=O)Nc1cc(N2CCCC2=O)ccc1F. The minimum Gasteiger partial charge on any atom is -0.383 e. The predicted molar refractivity (Wildman–Crippen MR) is 76.9 cm³/mol. The van der Waals surface area contributed by atoms with Crippen LogP contribution in [0.15, 0.2) is 18.2 Å². The van der Waals surface area contributed by atoms with Gasteiger partial charge >= 0.3 is 6.03 Å². The monoisotopic (exact) mass is 295 g/mol. The van der Waals surface area contributed by atoms with Crippen LogP contribution in [0.5, 0.6) is 0 Å². The van der Waals surface area contributed by atoms with Crippen LogP contribution in [0.25, 0.3) is 0 Å². The molecule has 0 radical (unpaired) electrons. The highest BCUT2D eigenvalue weighted by Gasteiger charge is 2.22. The Labute approximate surface area is 122 Å². The highest BCUT2D eigenvalue weighted by atomic mass is 19.1. The second-order valence-corrected chi connectivity index (χ2v) is 4.69. The highest BCUT2D eigenvalue weighted by molar-refractivity contribution is 5.96. The van der Waals surface area contributed by atoms with E-state index in [1.807, 2.05) is 0 Å². The van der Waals surface area contributed by atoms with E-state index < -0.39 is 11.8 Å². The Morgan fingerprint density at radius 3 is 2.95 bits per heavy atom. The Balaban J connectivity index is 2.05. The molecule has 0 aromatic heterocycles. The van der Waals surface area contributed by atoms with Crippen molar-refractivity contribution in [1.82, 2.24) is 5.32 Å². The van der Waals surface area contributed by atoms with E-state index in [0.717, 1.165) is 6.42 Å². The highest BCUT2D eigenvalue weighted by Crippen LogP contribution is 2.26. The molecule has 3 amide bonds. The van der Waals surface area contributed by atoms with Crippen molar-refractivity contribution in [3.05, 3.63) is 24.0 Å². The third kappa shape index (κ3) is 3.91. The molecular formula is C14H18FN3O3. The number of ether oxygens (including phenoxy) is 1. The fraction of sp³-hybridized carbons (Fsp3) is 0.429. The van der Waals surface area contributed by atoms with Crippen LogP contribution in [0.2, 0.25) is 0 Å². The van der Waals surface area contributed by atoms with Gasteiger partial charge in [0.2, 0.25) is 5.91 Å². The van der Waals surface area contributed by atoms with E-state index in [1.54, 1.807) is 4.90 Å². The molecule has 2 N–H and O–H groups in total. The van der Waals surface area contributed by atoms with Crippen LogP contribution in [-0.4, -0.2) is 38.7 Å². The van der Waals surface area contributed by atoms with Crippen molar-refractivity contribution in [1.29, 1.82) is 0 Å². The lowest BCUT2D eigenvalue weighted by molar-refractivity contribution is -0.117. The third-order valence-electron chi connectivity index (χ3n) is 3.17. The zero-order chi connectivity index (χ0) is 15.2. The van der Waals surface area contributed by atoms with Gasteiger partial charge in [-0.1, -0.05) is 0 Å². The fourth-order valence-electron chi connectivity index (χ4n) is 2.13. The number of amides is 3. The van der Waals surface area contributed by atoms with Crippen molar-refractivity contribution >= 4 is 23.3 Å². The first-order chi connectivity index (χ1) is 10.1. The van der Waals surface area contributed by atoms with Gasteiger partial charge in [-0.25, -0.2) is 9.18 Å². The van der Waals surface area contributed by atoms with Crippen molar-refractivity contribution < 1.29 is 18.7 Å². The summed E-state index contributed by atoms with van der Waals surface area (Å²) in [5.74, 6) is -0.538. The first kappa shape index (κ1) is 15.2. The van der Waals surface area contributed by atoms with E-state index in [4.69, 9.17) is 4.74 Å². The smallest absolute Gasteiger partial charge is 0.319 e. The number of hydrogen-bond acceptors (Lipinski definition) is 3. The van der Waals surface area contributed by atoms with Gasteiger partial charge in [-0.2, -0.15) is 0 Å². The maximum Gasteiger partial charge on any atom is 0.319 e. The molecule has 1 aliphatic rings. The summed E-state index contributed by atoms with van der Waals surface area (Å²) >= 11 is 0. The molecule has 114 valence electrons. The molecule has 6 nitrogen and oxygen atoms in total. The molecule has 1 fully saturated rings. The number of hydrogen-bond donors (Lipinski definition) is 2. The van der Waals surface area contributed by atoms with Crippen molar-refractivity contribution in [3.63, 3.8) is 0 Å². The number of carbonyl (C=O) groups is 2. The summed E-state index contributed by atoms with van der Waals surface area (Å²) in [6.45, 7) is 1.32. The van der Waals surface area contributed by atoms with Crippen LogP contribution in [0.3, 0.4) is 0 Å². The largest absolute Gasteiger partial charge is 0.383 e. The minimum absolute atomic E-state index is 0.0112. The van der Waals surface area contributed by atoms with Crippen LogP contribution in [0.4, 0.5) is 20.6 Å². The first-order valence-corrected chi connectivity index (χ1v) is 6.75. The lowest BCUT2D eigenvalue weighted by atomic mass is 10.2. The predicted octanol–water partition coefficient (Wildman–Crippen LogP) is 1.72. The molecule has 0 bridgehead atoms. The van der Waals surface area contributed by atoms with E-state index in [9.17, 15) is 14.0 Å². The molecule has 7 heteroatoms. The summed E-state index contributed by atoms with van der Waals surface area (Å²) in [7, 11) is 1.52. The van der Waals surface area contributed by atoms with Gasteiger partial charge in [0.15, 0.2) is 0 Å². The molecule has 0 spiro atoms. The van der Waals surface area contributed by atoms with Gasteiger partial charge in [0.05, 0.1) is 12.3 Å². The molecule has 0 unspecified atom stereocenters. The molecule has 21 heavy (non-hydrogen) atoms. The minimum atomic E-state index is -0.549. The van der Waals surface area contributed by atoms with Crippen LogP contribution >= 0.6 is 0 Å². The molecule has 1 heterocycles. The lowest BCUT2D eigenvalue weighted by Gasteiger charge is -2.17. The Hall–Kier alpha value is -2.15. The standard InChI is InChI=1S/C14H18FN3O3/c1-21-8-6-16-14(20)17-12-9-10(4-5-11(12)15)18-7-2-3-13(18)19/h4-5,9H,2-3,6-8H2,1H3,(H2,16,17,20). The average molecular weight is 295 g/mol. The Morgan fingerprint density at radius 2 is 2.29 bits per heavy atom. The van der Waals surface area contributed by atoms with Crippen LogP contribution < -0.4 is 15.5 Å². The normalized spacial score (nSPS) is 14.4. The van der Waals surface area contributed by atoms with E-state index in [2.05, 4.69) is 10.6 Å². The topological polar surface area (TPSA) is 70.7 Å². The second-order valence-electron chi connectivity index (χ2n) is 4.69. The van der Waals surface area contributed by atoms with Crippen LogP contribution in [0.1, 0.15) is 12.8 Å². The maximum absolute atomic E-state index is 13.7. The number of rotatable bonds is 5. The van der Waals surface area contributed by atoms with Crippen molar-refractivity contribution in [2.24, 2.45) is 0 Å². The van der Waals surface area contributed by atoms with Crippen molar-refractivity contribution in [3.8, 4) is 0 Å². The van der Waals surface area contributed by atoms with Crippen molar-refractivity contribution in [2.45, 2.75) is 12.8 Å². The number of nitrogens with one attached hydrogen (secondary N) is 2. The number of methoxy groups -OCH3 is 1. The fourth-order valence-corrected chi connectivity index (χ4v) is 2.13. The van der Waals surface area contributed by atoms with Crippen molar-refractivity contribution in [2.75, 3.05) is 37.0 Å². The summed E-state index contributed by atoms with van der Waals surface area (Å²) in [6.07, 6.45) is 1.29. The molecule has 2 rings (SSSR count). The third-order valence-corrected chi connectivity index (χ3v) is 3.17. The van der Waals surface area contributed by atoms with Crippen LogP contribution in [0, 0.1) is 5.82 Å². The van der Waals surface area contributed by atoms with E-state index >= 15 is 0 Å². The summed E-state index contributed by atoms with van der Waals surface area (Å²) in [5.41, 5.74) is 0.633. The van der Waals surface area contributed by atoms with Gasteiger partial charge in [0.1, 0.15) is 5.82 Å². The number of carbonyl (C=O) groups excluding carboxylic acids is 2. The lowest BCUT2D eigenvalue weighted by Crippen LogP contribution is -2.31. The molecule has 0 atom stereocenters. The molecular weight excluding hydrogens is 277 g/mol. The second kappa shape index (κ2) is 7.03. The summed E-state index contributed by atoms with van der Waals surface area (Å²) in [4.78, 5) is 24.9. The summed E-state index contributed by atoms with van der Waals surface area (Å²) < 4.78 is 18.5.